The molecule has 0 spiro atoms. The fraction of sp³-hybridized carbons (Fsp3) is 0.462. The molecular weight excluding hydrogens is 296 g/mol. The number of benzene rings is 1. The Bertz CT molecular complexity index is 441. The number of nitrogens with one attached hydrogen (secondary N) is 1. The first-order valence-corrected chi connectivity index (χ1v) is 6.49. The van der Waals surface area contributed by atoms with E-state index in [1.54, 1.807) is 20.9 Å². The highest BCUT2D eigenvalue weighted by atomic mass is 79.9. The van der Waals surface area contributed by atoms with Crippen LogP contribution in [-0.2, 0) is 0 Å². The maximum absolute atomic E-state index is 11.9. The van der Waals surface area contributed by atoms with Crippen molar-refractivity contribution in [3.05, 3.63) is 28.2 Å². The Balaban J connectivity index is 2.73. The lowest BCUT2D eigenvalue weighted by Crippen LogP contribution is -2.41. The molecule has 0 radical (unpaired) electrons. The van der Waals surface area contributed by atoms with Gasteiger partial charge < -0.3 is 15.3 Å². The highest BCUT2D eigenvalue weighted by Gasteiger charge is 2.19. The summed E-state index contributed by atoms with van der Waals surface area (Å²) < 4.78 is 0.949. The number of likely N-dealkylation sites (N-methyl/N-ethyl adjacent to an activating group) is 1. The van der Waals surface area contributed by atoms with Crippen molar-refractivity contribution in [2.24, 2.45) is 0 Å². The smallest absolute Gasteiger partial charge is 0.321 e. The van der Waals surface area contributed by atoms with Gasteiger partial charge in [0.05, 0.1) is 12.1 Å². The number of nitrogens with zero attached hydrogens (tertiary/aromatic N) is 1. The van der Waals surface area contributed by atoms with E-state index >= 15 is 0 Å². The molecule has 4 nitrogen and oxygen atoms in total. The number of amides is 2. The summed E-state index contributed by atoms with van der Waals surface area (Å²) in [6.07, 6.45) is 0. The molecule has 0 aliphatic rings. The van der Waals surface area contributed by atoms with Gasteiger partial charge in [-0.2, -0.15) is 0 Å². The third-order valence-electron chi connectivity index (χ3n) is 2.48. The maximum Gasteiger partial charge on any atom is 0.321 e. The summed E-state index contributed by atoms with van der Waals surface area (Å²) in [6, 6.07) is 5.39. The molecule has 0 aromatic heterocycles. The highest BCUT2D eigenvalue weighted by molar-refractivity contribution is 9.10. The molecule has 1 aromatic rings. The second-order valence-electron chi connectivity index (χ2n) is 5.01. The predicted molar refractivity (Wildman–Crippen MR) is 76.8 cm³/mol. The van der Waals surface area contributed by atoms with Crippen LogP contribution in [-0.4, -0.2) is 35.2 Å². The predicted octanol–water partition coefficient (Wildman–Crippen LogP) is 2.99. The molecule has 0 saturated heterocycles. The van der Waals surface area contributed by atoms with Crippen molar-refractivity contribution in [3.63, 3.8) is 0 Å². The topological polar surface area (TPSA) is 52.6 Å². The van der Waals surface area contributed by atoms with Crippen LogP contribution < -0.4 is 5.32 Å². The van der Waals surface area contributed by atoms with Gasteiger partial charge in [0, 0.05) is 17.2 Å². The summed E-state index contributed by atoms with van der Waals surface area (Å²) >= 11 is 3.42. The number of hydrogen-bond donors (Lipinski definition) is 2. The van der Waals surface area contributed by atoms with Crippen molar-refractivity contribution in [3.8, 4) is 0 Å². The molecule has 5 heteroatoms. The Morgan fingerprint density at radius 1 is 1.50 bits per heavy atom. The molecule has 0 bridgehead atoms. The number of aliphatic hydroxyl groups is 1. The minimum Gasteiger partial charge on any atom is -0.389 e. The zero-order chi connectivity index (χ0) is 13.9. The average Bonchev–Trinajstić information content (AvgIpc) is 2.22. The van der Waals surface area contributed by atoms with Gasteiger partial charge in [0.1, 0.15) is 0 Å². The molecule has 0 aliphatic carbocycles. The second-order valence-corrected chi connectivity index (χ2v) is 5.87. The largest absolute Gasteiger partial charge is 0.389 e. The Kier molecular flexibility index (Phi) is 4.76. The number of carbonyl (C=O) groups excluding carboxylic acids is 1. The molecule has 0 saturated carbocycles. The third kappa shape index (κ3) is 4.31. The molecule has 0 atom stereocenters. The lowest BCUT2D eigenvalue weighted by Gasteiger charge is -2.26. The van der Waals surface area contributed by atoms with Gasteiger partial charge in [0.2, 0.25) is 0 Å². The quantitative estimate of drug-likeness (QED) is 0.901. The summed E-state index contributed by atoms with van der Waals surface area (Å²) in [5.74, 6) is 0. The number of anilines is 1. The lowest BCUT2D eigenvalue weighted by molar-refractivity contribution is 0.0550. The van der Waals surface area contributed by atoms with Crippen LogP contribution in [0.4, 0.5) is 10.5 Å². The van der Waals surface area contributed by atoms with Crippen LogP contribution in [0.5, 0.6) is 0 Å². The van der Waals surface area contributed by atoms with Crippen LogP contribution in [0.3, 0.4) is 0 Å². The van der Waals surface area contributed by atoms with E-state index in [0.717, 1.165) is 15.7 Å². The molecule has 100 valence electrons. The number of rotatable bonds is 3. The van der Waals surface area contributed by atoms with Crippen molar-refractivity contribution < 1.29 is 9.90 Å². The van der Waals surface area contributed by atoms with E-state index in [1.165, 1.54) is 4.90 Å². The molecule has 0 unspecified atom stereocenters. The highest BCUT2D eigenvalue weighted by Crippen LogP contribution is 2.23. The van der Waals surface area contributed by atoms with Gasteiger partial charge in [-0.25, -0.2) is 4.79 Å². The first-order chi connectivity index (χ1) is 8.20. The molecule has 18 heavy (non-hydrogen) atoms. The molecule has 1 rings (SSSR count). The summed E-state index contributed by atoms with van der Waals surface area (Å²) in [4.78, 5) is 13.4. The van der Waals surface area contributed by atoms with Crippen molar-refractivity contribution in [2.45, 2.75) is 26.4 Å². The van der Waals surface area contributed by atoms with Crippen molar-refractivity contribution in [1.82, 2.24) is 4.90 Å². The SMILES string of the molecule is Cc1c(Br)cccc1NC(=O)N(C)CC(C)(C)O. The third-order valence-corrected chi connectivity index (χ3v) is 3.34. The van der Waals surface area contributed by atoms with Gasteiger partial charge in [-0.15, -0.1) is 0 Å². The zero-order valence-electron chi connectivity index (χ0n) is 11.1. The summed E-state index contributed by atoms with van der Waals surface area (Å²) in [5, 5.41) is 12.5. The van der Waals surface area contributed by atoms with Crippen molar-refractivity contribution in [1.29, 1.82) is 0 Å². The monoisotopic (exact) mass is 314 g/mol. The van der Waals surface area contributed by atoms with Crippen LogP contribution in [0.25, 0.3) is 0 Å². The van der Waals surface area contributed by atoms with Gasteiger partial charge >= 0.3 is 6.03 Å². The van der Waals surface area contributed by atoms with Gasteiger partial charge in [0.25, 0.3) is 0 Å². The molecule has 1 aromatic carbocycles. The Morgan fingerprint density at radius 2 is 2.11 bits per heavy atom. The fourth-order valence-electron chi connectivity index (χ4n) is 1.61. The Morgan fingerprint density at radius 3 is 2.67 bits per heavy atom. The van der Waals surface area contributed by atoms with Gasteiger partial charge in [-0.3, -0.25) is 0 Å². The molecule has 0 aliphatic heterocycles. The Hall–Kier alpha value is -1.07. The summed E-state index contributed by atoms with van der Waals surface area (Å²) in [7, 11) is 1.65. The number of halogens is 1. The van der Waals surface area contributed by atoms with E-state index < -0.39 is 5.60 Å². The fourth-order valence-corrected chi connectivity index (χ4v) is 1.97. The number of hydrogen-bond acceptors (Lipinski definition) is 2. The minimum atomic E-state index is -0.904. The minimum absolute atomic E-state index is 0.238. The standard InChI is InChI=1S/C13H19BrN2O2/c1-9-10(14)6-5-7-11(9)15-12(17)16(4)8-13(2,3)18/h5-7,18H,8H2,1-4H3,(H,15,17). The summed E-state index contributed by atoms with van der Waals surface area (Å²) in [5.41, 5.74) is 0.831. The van der Waals surface area contributed by atoms with Crippen LogP contribution in [0, 0.1) is 6.92 Å². The van der Waals surface area contributed by atoms with Crippen molar-refractivity contribution in [2.75, 3.05) is 18.9 Å². The van der Waals surface area contributed by atoms with Gasteiger partial charge in [0.15, 0.2) is 0 Å². The summed E-state index contributed by atoms with van der Waals surface area (Å²) in [6.45, 7) is 5.53. The van der Waals surface area contributed by atoms with Gasteiger partial charge in [-0.05, 0) is 38.5 Å². The van der Waals surface area contributed by atoms with E-state index in [0.29, 0.717) is 0 Å². The van der Waals surface area contributed by atoms with E-state index in [-0.39, 0.29) is 12.6 Å². The van der Waals surface area contributed by atoms with E-state index in [4.69, 9.17) is 0 Å². The van der Waals surface area contributed by atoms with E-state index in [1.807, 2.05) is 25.1 Å². The molecular formula is C13H19BrN2O2. The van der Waals surface area contributed by atoms with Gasteiger partial charge in [-0.1, -0.05) is 22.0 Å². The maximum atomic E-state index is 11.9. The average molecular weight is 315 g/mol. The molecule has 2 amide bonds. The number of carbonyl (C=O) groups is 1. The second kappa shape index (κ2) is 5.71. The molecule has 0 fully saturated rings. The van der Waals surface area contributed by atoms with Crippen LogP contribution in [0.1, 0.15) is 19.4 Å². The van der Waals surface area contributed by atoms with E-state index in [9.17, 15) is 9.90 Å². The molecule has 2 N–H and O–H groups in total. The van der Waals surface area contributed by atoms with E-state index in [2.05, 4.69) is 21.2 Å². The zero-order valence-corrected chi connectivity index (χ0v) is 12.7. The van der Waals surface area contributed by atoms with Crippen LogP contribution in [0.15, 0.2) is 22.7 Å². The molecule has 0 heterocycles. The Labute approximate surface area is 116 Å². The van der Waals surface area contributed by atoms with Crippen LogP contribution >= 0.6 is 15.9 Å². The first-order valence-electron chi connectivity index (χ1n) is 5.70. The number of urea groups is 1. The first kappa shape index (κ1) is 15.0. The van der Waals surface area contributed by atoms with Crippen molar-refractivity contribution >= 4 is 27.6 Å². The van der Waals surface area contributed by atoms with Crippen LogP contribution in [0.2, 0.25) is 0 Å². The lowest BCUT2D eigenvalue weighted by atomic mass is 10.1. The normalized spacial score (nSPS) is 11.2.